The van der Waals surface area contributed by atoms with Gasteiger partial charge in [-0.3, -0.25) is 5.10 Å². The van der Waals surface area contributed by atoms with Gasteiger partial charge in [0.1, 0.15) is 0 Å². The van der Waals surface area contributed by atoms with Crippen LogP contribution in [0.3, 0.4) is 0 Å². The Hall–Kier alpha value is -1.18. The normalized spacial score (nSPS) is 12.0. The van der Waals surface area contributed by atoms with Gasteiger partial charge >= 0.3 is 0 Å². The van der Waals surface area contributed by atoms with Crippen LogP contribution in [0.25, 0.3) is 0 Å². The standard InChI is InChI=1S/C10H17N3O3S/c1-4-13(6-8(2)3)17(15,16)10-9(7-14)5-11-12-10/h5,14H,2,4,6-7H2,1,3H3,(H,11,12). The van der Waals surface area contributed by atoms with E-state index < -0.39 is 10.0 Å². The molecule has 2 N–H and O–H groups in total. The second kappa shape index (κ2) is 5.44. The summed E-state index contributed by atoms with van der Waals surface area (Å²) in [5.41, 5.74) is 1.02. The van der Waals surface area contributed by atoms with Crippen LogP contribution < -0.4 is 0 Å². The maximum Gasteiger partial charge on any atom is 0.260 e. The average Bonchev–Trinajstić information content (AvgIpc) is 2.73. The van der Waals surface area contributed by atoms with Crippen molar-refractivity contribution in [2.45, 2.75) is 25.5 Å². The molecule has 96 valence electrons. The third kappa shape index (κ3) is 2.93. The van der Waals surface area contributed by atoms with Crippen molar-refractivity contribution in [3.05, 3.63) is 23.9 Å². The van der Waals surface area contributed by atoms with Gasteiger partial charge in [0, 0.05) is 18.7 Å². The average molecular weight is 259 g/mol. The van der Waals surface area contributed by atoms with E-state index in [0.29, 0.717) is 6.54 Å². The highest BCUT2D eigenvalue weighted by Crippen LogP contribution is 2.18. The van der Waals surface area contributed by atoms with Crippen LogP contribution >= 0.6 is 0 Å². The van der Waals surface area contributed by atoms with Crippen molar-refractivity contribution >= 4 is 10.0 Å². The Balaban J connectivity index is 3.13. The van der Waals surface area contributed by atoms with E-state index in [1.807, 2.05) is 0 Å². The Morgan fingerprint density at radius 1 is 1.65 bits per heavy atom. The van der Waals surface area contributed by atoms with Crippen molar-refractivity contribution in [3.63, 3.8) is 0 Å². The quantitative estimate of drug-likeness (QED) is 0.728. The molecule has 1 aromatic rings. The highest BCUT2D eigenvalue weighted by atomic mass is 32.2. The number of H-pyrrole nitrogens is 1. The molecule has 1 rings (SSSR count). The van der Waals surface area contributed by atoms with Crippen LogP contribution in [0.2, 0.25) is 0 Å². The van der Waals surface area contributed by atoms with Gasteiger partial charge in [0.05, 0.1) is 12.8 Å². The van der Waals surface area contributed by atoms with Crippen LogP contribution in [0.15, 0.2) is 23.4 Å². The van der Waals surface area contributed by atoms with E-state index in [2.05, 4.69) is 16.8 Å². The highest BCUT2D eigenvalue weighted by molar-refractivity contribution is 7.89. The van der Waals surface area contributed by atoms with E-state index in [1.54, 1.807) is 13.8 Å². The second-order valence-corrected chi connectivity index (χ2v) is 5.65. The second-order valence-electron chi connectivity index (χ2n) is 3.77. The molecule has 17 heavy (non-hydrogen) atoms. The number of aromatic amines is 1. The fourth-order valence-corrected chi connectivity index (χ4v) is 3.04. The van der Waals surface area contributed by atoms with Crippen LogP contribution in [0.4, 0.5) is 0 Å². The highest BCUT2D eigenvalue weighted by Gasteiger charge is 2.27. The first-order chi connectivity index (χ1) is 7.93. The fraction of sp³-hybridized carbons (Fsp3) is 0.500. The van der Waals surface area contributed by atoms with Gasteiger partial charge in [-0.05, 0) is 6.92 Å². The first kappa shape index (κ1) is 13.9. The molecule has 0 spiro atoms. The molecule has 0 radical (unpaired) electrons. The zero-order chi connectivity index (χ0) is 13.1. The number of nitrogens with zero attached hydrogens (tertiary/aromatic N) is 2. The summed E-state index contributed by atoms with van der Waals surface area (Å²) in [5, 5.41) is 15.1. The smallest absolute Gasteiger partial charge is 0.260 e. The summed E-state index contributed by atoms with van der Waals surface area (Å²) in [4.78, 5) is 0. The number of aliphatic hydroxyl groups is 1. The number of nitrogens with one attached hydrogen (secondary N) is 1. The summed E-state index contributed by atoms with van der Waals surface area (Å²) in [5.74, 6) is 0. The minimum absolute atomic E-state index is 0.0527. The van der Waals surface area contributed by atoms with E-state index in [1.165, 1.54) is 10.5 Å². The summed E-state index contributed by atoms with van der Waals surface area (Å²) < 4.78 is 25.8. The van der Waals surface area contributed by atoms with Gasteiger partial charge < -0.3 is 5.11 Å². The van der Waals surface area contributed by atoms with Crippen LogP contribution in [-0.2, 0) is 16.6 Å². The molecule has 1 aromatic heterocycles. The molecule has 0 atom stereocenters. The minimum atomic E-state index is -3.65. The van der Waals surface area contributed by atoms with Crippen molar-refractivity contribution < 1.29 is 13.5 Å². The van der Waals surface area contributed by atoms with Crippen LogP contribution in [0.5, 0.6) is 0 Å². The monoisotopic (exact) mass is 259 g/mol. The van der Waals surface area contributed by atoms with E-state index in [9.17, 15) is 8.42 Å². The Bertz CT molecular complexity index is 493. The molecule has 7 heteroatoms. The molecule has 0 aromatic carbocycles. The molecule has 0 aliphatic carbocycles. The van der Waals surface area contributed by atoms with Crippen LogP contribution in [0, 0.1) is 0 Å². The lowest BCUT2D eigenvalue weighted by molar-refractivity contribution is 0.278. The Morgan fingerprint density at radius 3 is 2.76 bits per heavy atom. The van der Waals surface area contributed by atoms with E-state index >= 15 is 0 Å². The molecule has 0 bridgehead atoms. The fourth-order valence-electron chi connectivity index (χ4n) is 1.43. The number of likely N-dealkylation sites (N-methyl/N-ethyl adjacent to an activating group) is 1. The third-order valence-corrected chi connectivity index (χ3v) is 4.18. The summed E-state index contributed by atoms with van der Waals surface area (Å²) >= 11 is 0. The summed E-state index contributed by atoms with van der Waals surface area (Å²) in [6.07, 6.45) is 1.31. The van der Waals surface area contributed by atoms with E-state index in [4.69, 9.17) is 5.11 Å². The molecular weight excluding hydrogens is 242 g/mol. The lowest BCUT2D eigenvalue weighted by atomic mass is 10.3. The van der Waals surface area contributed by atoms with Crippen molar-refractivity contribution in [1.29, 1.82) is 0 Å². The molecule has 0 saturated carbocycles. The maximum atomic E-state index is 12.2. The summed E-state index contributed by atoms with van der Waals surface area (Å²) in [6.45, 7) is 7.43. The predicted octanol–water partition coefficient (Wildman–Crippen LogP) is 0.489. The number of rotatable bonds is 6. The molecule has 0 unspecified atom stereocenters. The molecule has 0 saturated heterocycles. The molecule has 0 aliphatic rings. The minimum Gasteiger partial charge on any atom is -0.392 e. The van der Waals surface area contributed by atoms with Gasteiger partial charge in [-0.1, -0.05) is 19.1 Å². The Labute approximate surface area is 101 Å². The maximum absolute atomic E-state index is 12.2. The van der Waals surface area contributed by atoms with E-state index in [-0.39, 0.29) is 23.7 Å². The Morgan fingerprint density at radius 2 is 2.29 bits per heavy atom. The van der Waals surface area contributed by atoms with E-state index in [0.717, 1.165) is 5.57 Å². The molecule has 0 fully saturated rings. The van der Waals surface area contributed by atoms with Gasteiger partial charge in [-0.25, -0.2) is 8.42 Å². The Kier molecular flexibility index (Phi) is 4.44. The van der Waals surface area contributed by atoms with Crippen LogP contribution in [0.1, 0.15) is 19.4 Å². The summed E-state index contributed by atoms with van der Waals surface area (Å²) in [6, 6.07) is 0. The topological polar surface area (TPSA) is 86.3 Å². The first-order valence-corrected chi connectivity index (χ1v) is 6.65. The van der Waals surface area contributed by atoms with Crippen molar-refractivity contribution in [2.24, 2.45) is 0 Å². The number of sulfonamides is 1. The first-order valence-electron chi connectivity index (χ1n) is 5.21. The van der Waals surface area contributed by atoms with Crippen molar-refractivity contribution in [1.82, 2.24) is 14.5 Å². The molecule has 0 aliphatic heterocycles. The van der Waals surface area contributed by atoms with Crippen molar-refractivity contribution in [3.8, 4) is 0 Å². The van der Waals surface area contributed by atoms with Gasteiger partial charge in [0.15, 0.2) is 5.03 Å². The van der Waals surface area contributed by atoms with Gasteiger partial charge in [0.25, 0.3) is 10.0 Å². The zero-order valence-corrected chi connectivity index (χ0v) is 10.8. The van der Waals surface area contributed by atoms with Crippen LogP contribution in [-0.4, -0.2) is 41.1 Å². The SMILES string of the molecule is C=C(C)CN(CC)S(=O)(=O)c1[nH]ncc1CO. The molecule has 6 nitrogen and oxygen atoms in total. The van der Waals surface area contributed by atoms with Gasteiger partial charge in [-0.2, -0.15) is 9.40 Å². The predicted molar refractivity (Wildman–Crippen MR) is 63.8 cm³/mol. The third-order valence-electron chi connectivity index (χ3n) is 2.25. The van der Waals surface area contributed by atoms with Gasteiger partial charge in [-0.15, -0.1) is 0 Å². The van der Waals surface area contributed by atoms with Crippen molar-refractivity contribution in [2.75, 3.05) is 13.1 Å². The zero-order valence-electron chi connectivity index (χ0n) is 9.97. The number of aliphatic hydroxyl groups excluding tert-OH is 1. The van der Waals surface area contributed by atoms with Gasteiger partial charge in [0.2, 0.25) is 0 Å². The molecule has 1 heterocycles. The largest absolute Gasteiger partial charge is 0.392 e. The molecular formula is C10H17N3O3S. The molecule has 0 amide bonds. The summed E-state index contributed by atoms with van der Waals surface area (Å²) in [7, 11) is -3.65. The number of hydrogen-bond donors (Lipinski definition) is 2. The number of hydrogen-bond acceptors (Lipinski definition) is 4. The lowest BCUT2D eigenvalue weighted by Gasteiger charge is -2.19. The number of aromatic nitrogens is 2. The lowest BCUT2D eigenvalue weighted by Crippen LogP contribution is -2.33.